The number of hydrogen-bond donors (Lipinski definition) is 0. The Morgan fingerprint density at radius 2 is 2.08 bits per heavy atom. The van der Waals surface area contributed by atoms with Crippen LogP contribution >= 0.6 is 0 Å². The maximum absolute atomic E-state index is 13.9. The van der Waals surface area contributed by atoms with Gasteiger partial charge in [-0.15, -0.1) is 0 Å². The molecule has 0 radical (unpaired) electrons. The lowest BCUT2D eigenvalue weighted by atomic mass is 10.1. The summed E-state index contributed by atoms with van der Waals surface area (Å²) in [5.41, 5.74) is 0.602. The molecule has 0 spiro atoms. The highest BCUT2D eigenvalue weighted by Crippen LogP contribution is 2.49. The number of nitrogens with zero attached hydrogens (tertiary/aromatic N) is 1. The van der Waals surface area contributed by atoms with Gasteiger partial charge in [-0.1, -0.05) is 31.5 Å². The SMILES string of the molecule is CCCCN(C(=O)C1CC1c1ccccc1F)C1CCS(=O)(=O)C1. The average Bonchev–Trinajstić information content (AvgIpc) is 3.25. The van der Waals surface area contributed by atoms with Gasteiger partial charge in [0.15, 0.2) is 9.84 Å². The molecule has 0 bridgehead atoms. The van der Waals surface area contributed by atoms with Gasteiger partial charge in [-0.25, -0.2) is 12.8 Å². The number of unbranched alkanes of at least 4 members (excludes halogenated alkanes) is 1. The molecule has 6 heteroatoms. The van der Waals surface area contributed by atoms with Crippen molar-refractivity contribution in [1.82, 2.24) is 4.90 Å². The Bertz CT molecular complexity index is 719. The summed E-state index contributed by atoms with van der Waals surface area (Å²) < 4.78 is 37.5. The molecule has 1 amide bonds. The Balaban J connectivity index is 1.72. The second-order valence-corrected chi connectivity index (χ2v) is 9.14. The van der Waals surface area contributed by atoms with Crippen LogP contribution in [-0.4, -0.2) is 43.3 Å². The van der Waals surface area contributed by atoms with Gasteiger partial charge in [-0.2, -0.15) is 0 Å². The molecule has 1 heterocycles. The quantitative estimate of drug-likeness (QED) is 0.790. The van der Waals surface area contributed by atoms with Crippen LogP contribution in [0.15, 0.2) is 24.3 Å². The van der Waals surface area contributed by atoms with Crippen molar-refractivity contribution in [2.24, 2.45) is 5.92 Å². The van der Waals surface area contributed by atoms with Crippen LogP contribution in [0, 0.1) is 11.7 Å². The molecule has 1 saturated heterocycles. The number of carbonyl (C=O) groups excluding carboxylic acids is 1. The Labute approximate surface area is 143 Å². The first kappa shape index (κ1) is 17.4. The van der Waals surface area contributed by atoms with E-state index in [4.69, 9.17) is 0 Å². The second-order valence-electron chi connectivity index (χ2n) is 6.91. The van der Waals surface area contributed by atoms with Crippen LogP contribution in [-0.2, 0) is 14.6 Å². The fourth-order valence-corrected chi connectivity index (χ4v) is 5.35. The van der Waals surface area contributed by atoms with Crippen LogP contribution in [0.5, 0.6) is 0 Å². The molecule has 1 aliphatic carbocycles. The fourth-order valence-electron chi connectivity index (χ4n) is 3.62. The van der Waals surface area contributed by atoms with Crippen LogP contribution in [0.25, 0.3) is 0 Å². The highest BCUT2D eigenvalue weighted by molar-refractivity contribution is 7.91. The molecular weight excluding hydrogens is 329 g/mol. The summed E-state index contributed by atoms with van der Waals surface area (Å²) in [6.07, 6.45) is 2.99. The van der Waals surface area contributed by atoms with E-state index in [2.05, 4.69) is 0 Å². The summed E-state index contributed by atoms with van der Waals surface area (Å²) in [5, 5.41) is 0. The van der Waals surface area contributed by atoms with Gasteiger partial charge in [0.25, 0.3) is 0 Å². The number of hydrogen-bond acceptors (Lipinski definition) is 3. The van der Waals surface area contributed by atoms with E-state index < -0.39 is 9.84 Å². The molecular formula is C18H24FNO3S. The summed E-state index contributed by atoms with van der Waals surface area (Å²) in [6, 6.07) is 6.39. The first-order valence-electron chi connectivity index (χ1n) is 8.68. The minimum atomic E-state index is -3.03. The standard InChI is InChI=1S/C18H24FNO3S/c1-2-3-9-20(13-8-10-24(22,23)12-13)18(21)16-11-15(16)14-6-4-5-7-17(14)19/h4-7,13,15-16H,2-3,8-12H2,1H3. The van der Waals surface area contributed by atoms with E-state index in [1.54, 1.807) is 23.1 Å². The molecule has 1 aliphatic heterocycles. The Morgan fingerprint density at radius 1 is 1.33 bits per heavy atom. The third kappa shape index (κ3) is 3.63. The number of carbonyl (C=O) groups is 1. The Kier molecular flexibility index (Phi) is 4.95. The van der Waals surface area contributed by atoms with Gasteiger partial charge in [-0.3, -0.25) is 4.79 Å². The van der Waals surface area contributed by atoms with Crippen LogP contribution < -0.4 is 0 Å². The van der Waals surface area contributed by atoms with Crippen LogP contribution in [0.3, 0.4) is 0 Å². The van der Waals surface area contributed by atoms with E-state index in [1.807, 2.05) is 6.92 Å². The monoisotopic (exact) mass is 353 g/mol. The third-order valence-electron chi connectivity index (χ3n) is 5.10. The average molecular weight is 353 g/mol. The van der Waals surface area contributed by atoms with E-state index in [0.717, 1.165) is 12.8 Å². The molecule has 1 aromatic rings. The maximum atomic E-state index is 13.9. The highest BCUT2D eigenvalue weighted by atomic mass is 32.2. The molecule has 1 aromatic carbocycles. The third-order valence-corrected chi connectivity index (χ3v) is 6.85. The predicted octanol–water partition coefficient (Wildman–Crippen LogP) is 2.75. The predicted molar refractivity (Wildman–Crippen MR) is 90.9 cm³/mol. The number of benzene rings is 1. The molecule has 4 nitrogen and oxygen atoms in total. The van der Waals surface area contributed by atoms with Gasteiger partial charge >= 0.3 is 0 Å². The topological polar surface area (TPSA) is 54.5 Å². The van der Waals surface area contributed by atoms with Crippen molar-refractivity contribution >= 4 is 15.7 Å². The zero-order valence-electron chi connectivity index (χ0n) is 13.9. The van der Waals surface area contributed by atoms with Crippen molar-refractivity contribution in [3.63, 3.8) is 0 Å². The molecule has 132 valence electrons. The zero-order valence-corrected chi connectivity index (χ0v) is 14.8. The molecule has 0 N–H and O–H groups in total. The summed E-state index contributed by atoms with van der Waals surface area (Å²) in [7, 11) is -3.03. The lowest BCUT2D eigenvalue weighted by molar-refractivity contribution is -0.134. The lowest BCUT2D eigenvalue weighted by Gasteiger charge is -2.28. The summed E-state index contributed by atoms with van der Waals surface area (Å²) in [6.45, 7) is 2.64. The van der Waals surface area contributed by atoms with E-state index in [1.165, 1.54) is 6.07 Å². The molecule has 1 saturated carbocycles. The van der Waals surface area contributed by atoms with E-state index in [9.17, 15) is 17.6 Å². The van der Waals surface area contributed by atoms with Gasteiger partial charge in [0.2, 0.25) is 5.91 Å². The Hall–Kier alpha value is -1.43. The smallest absolute Gasteiger partial charge is 0.226 e. The molecule has 3 atom stereocenters. The minimum absolute atomic E-state index is 0.00111. The van der Waals surface area contributed by atoms with Crippen molar-refractivity contribution in [3.8, 4) is 0 Å². The van der Waals surface area contributed by atoms with Gasteiger partial charge in [-0.05, 0) is 36.8 Å². The number of sulfone groups is 1. The number of halogens is 1. The number of amides is 1. The van der Waals surface area contributed by atoms with E-state index in [0.29, 0.717) is 24.9 Å². The molecule has 3 rings (SSSR count). The molecule has 2 aliphatic rings. The molecule has 24 heavy (non-hydrogen) atoms. The Morgan fingerprint density at radius 3 is 2.71 bits per heavy atom. The maximum Gasteiger partial charge on any atom is 0.226 e. The zero-order chi connectivity index (χ0) is 17.3. The fraction of sp³-hybridized carbons (Fsp3) is 0.611. The van der Waals surface area contributed by atoms with Crippen LogP contribution in [0.1, 0.15) is 44.1 Å². The second kappa shape index (κ2) is 6.82. The van der Waals surface area contributed by atoms with Gasteiger partial charge in [0.1, 0.15) is 5.82 Å². The van der Waals surface area contributed by atoms with Crippen molar-refractivity contribution in [1.29, 1.82) is 0 Å². The van der Waals surface area contributed by atoms with Crippen molar-refractivity contribution in [2.45, 2.75) is 44.6 Å². The number of rotatable bonds is 6. The summed E-state index contributed by atoms with van der Waals surface area (Å²) in [4.78, 5) is 14.7. The molecule has 0 aromatic heterocycles. The molecule has 2 fully saturated rings. The van der Waals surface area contributed by atoms with Gasteiger partial charge in [0, 0.05) is 18.5 Å². The van der Waals surface area contributed by atoms with Crippen molar-refractivity contribution in [2.75, 3.05) is 18.1 Å². The summed E-state index contributed by atoms with van der Waals surface area (Å²) >= 11 is 0. The summed E-state index contributed by atoms with van der Waals surface area (Å²) in [5.74, 6) is -0.308. The van der Waals surface area contributed by atoms with E-state index in [-0.39, 0.29) is 41.1 Å². The normalized spacial score (nSPS) is 27.8. The van der Waals surface area contributed by atoms with E-state index >= 15 is 0 Å². The minimum Gasteiger partial charge on any atom is -0.338 e. The lowest BCUT2D eigenvalue weighted by Crippen LogP contribution is -2.42. The van der Waals surface area contributed by atoms with Gasteiger partial charge < -0.3 is 4.90 Å². The first-order valence-corrected chi connectivity index (χ1v) is 10.5. The first-order chi connectivity index (χ1) is 11.4. The largest absolute Gasteiger partial charge is 0.338 e. The van der Waals surface area contributed by atoms with Crippen LogP contribution in [0.4, 0.5) is 4.39 Å². The highest BCUT2D eigenvalue weighted by Gasteiger charge is 2.48. The van der Waals surface area contributed by atoms with Crippen molar-refractivity contribution in [3.05, 3.63) is 35.6 Å². The molecule has 3 unspecified atom stereocenters. The van der Waals surface area contributed by atoms with Gasteiger partial charge in [0.05, 0.1) is 11.5 Å². The van der Waals surface area contributed by atoms with Crippen LogP contribution in [0.2, 0.25) is 0 Å². The van der Waals surface area contributed by atoms with Crippen molar-refractivity contribution < 1.29 is 17.6 Å².